The Labute approximate surface area is 147 Å². The first-order chi connectivity index (χ1) is 11.8. The van der Waals surface area contributed by atoms with Crippen molar-refractivity contribution in [1.29, 1.82) is 0 Å². The molecule has 1 aromatic rings. The predicted octanol–water partition coefficient (Wildman–Crippen LogP) is 5.13. The van der Waals surface area contributed by atoms with Gasteiger partial charge in [0.15, 0.2) is 0 Å². The molecule has 1 aromatic carbocycles. The minimum atomic E-state index is 0.417. The van der Waals surface area contributed by atoms with Crippen LogP contribution in [0, 0.1) is 5.92 Å². The van der Waals surface area contributed by atoms with Crippen molar-refractivity contribution >= 4 is 5.69 Å². The average Bonchev–Trinajstić information content (AvgIpc) is 3.11. The van der Waals surface area contributed by atoms with E-state index in [4.69, 9.17) is 5.73 Å². The smallest absolute Gasteiger partial charge is 0.0316 e. The first kappa shape index (κ1) is 16.4. The summed E-state index contributed by atoms with van der Waals surface area (Å²) in [6.07, 6.45) is 15.7. The molecule has 2 heteroatoms. The van der Waals surface area contributed by atoms with Gasteiger partial charge >= 0.3 is 0 Å². The van der Waals surface area contributed by atoms with Gasteiger partial charge in [-0.1, -0.05) is 44.2 Å². The van der Waals surface area contributed by atoms with E-state index in [-0.39, 0.29) is 0 Å². The third-order valence-electron chi connectivity index (χ3n) is 7.24. The number of piperidine rings is 1. The number of nitrogens with two attached hydrogens (primary N) is 1. The monoisotopic (exact) mass is 326 g/mol. The summed E-state index contributed by atoms with van der Waals surface area (Å²) in [5, 5.41) is 0. The van der Waals surface area contributed by atoms with Gasteiger partial charge in [0.2, 0.25) is 0 Å². The Hall–Kier alpha value is -1.02. The summed E-state index contributed by atoms with van der Waals surface area (Å²) in [5.41, 5.74) is 8.94. The fourth-order valence-corrected chi connectivity index (χ4v) is 5.86. The molecule has 2 saturated carbocycles. The molecule has 0 radical (unpaired) electrons. The molecule has 0 aromatic heterocycles. The normalized spacial score (nSPS) is 31.4. The highest BCUT2D eigenvalue weighted by molar-refractivity contribution is 5.44. The van der Waals surface area contributed by atoms with Crippen molar-refractivity contribution in [3.8, 4) is 0 Å². The van der Waals surface area contributed by atoms with Crippen LogP contribution in [0.5, 0.6) is 0 Å². The summed E-state index contributed by atoms with van der Waals surface area (Å²) in [7, 11) is 0. The Bertz CT molecular complexity index is 549. The number of hydrogen-bond donors (Lipinski definition) is 1. The van der Waals surface area contributed by atoms with Gasteiger partial charge in [-0.2, -0.15) is 0 Å². The van der Waals surface area contributed by atoms with E-state index in [2.05, 4.69) is 23.1 Å². The summed E-state index contributed by atoms with van der Waals surface area (Å²) in [5.74, 6) is 1.05. The molecule has 3 fully saturated rings. The fourth-order valence-electron chi connectivity index (χ4n) is 5.86. The van der Waals surface area contributed by atoms with Crippen molar-refractivity contribution in [2.24, 2.45) is 5.92 Å². The van der Waals surface area contributed by atoms with Crippen LogP contribution in [-0.4, -0.2) is 24.0 Å². The molecule has 2 nitrogen and oxygen atoms in total. The highest BCUT2D eigenvalue weighted by Gasteiger charge is 2.43. The number of likely N-dealkylation sites (tertiary alicyclic amines) is 1. The Balaban J connectivity index is 1.37. The van der Waals surface area contributed by atoms with E-state index in [0.717, 1.165) is 17.6 Å². The summed E-state index contributed by atoms with van der Waals surface area (Å²) in [4.78, 5) is 2.83. The van der Waals surface area contributed by atoms with E-state index >= 15 is 0 Å². The first-order valence-electron chi connectivity index (χ1n) is 10.4. The summed E-state index contributed by atoms with van der Waals surface area (Å²) >= 11 is 0. The first-order valence-corrected chi connectivity index (χ1v) is 10.4. The van der Waals surface area contributed by atoms with E-state index in [1.54, 1.807) is 0 Å². The van der Waals surface area contributed by atoms with Crippen molar-refractivity contribution in [2.45, 2.75) is 82.1 Å². The number of benzene rings is 1. The zero-order chi connectivity index (χ0) is 16.4. The number of anilines is 1. The number of nitrogens with zero attached hydrogens (tertiary/aromatic N) is 1. The van der Waals surface area contributed by atoms with Gasteiger partial charge in [-0.25, -0.2) is 0 Å². The van der Waals surface area contributed by atoms with Gasteiger partial charge in [-0.3, -0.25) is 0 Å². The van der Waals surface area contributed by atoms with Crippen LogP contribution in [0.15, 0.2) is 24.3 Å². The van der Waals surface area contributed by atoms with Crippen molar-refractivity contribution in [1.82, 2.24) is 4.90 Å². The lowest BCUT2D eigenvalue weighted by Gasteiger charge is -2.51. The van der Waals surface area contributed by atoms with Crippen LogP contribution < -0.4 is 5.73 Å². The second-order valence-electron chi connectivity index (χ2n) is 8.73. The van der Waals surface area contributed by atoms with Gasteiger partial charge in [-0.05, 0) is 80.6 Å². The molecule has 2 atom stereocenters. The predicted molar refractivity (Wildman–Crippen MR) is 102 cm³/mol. The number of rotatable bonds is 5. The maximum Gasteiger partial charge on any atom is 0.0316 e. The molecule has 2 N–H and O–H groups in total. The maximum absolute atomic E-state index is 6.07. The summed E-state index contributed by atoms with van der Waals surface area (Å²) < 4.78 is 0. The molecular weight excluding hydrogens is 292 g/mol. The standard InChI is InChI=1S/C22H34N2/c23-20-10-3-9-19(16-20)22-12-4-11-21(17-22)24(15-13-22)14-5-8-18-6-1-2-7-18/h3,9-10,16,18,21H,1-2,4-8,11-15,17,23H2. The molecule has 132 valence electrons. The van der Waals surface area contributed by atoms with Gasteiger partial charge < -0.3 is 10.6 Å². The summed E-state index contributed by atoms with van der Waals surface area (Å²) in [6, 6.07) is 9.57. The molecular formula is C22H34N2. The van der Waals surface area contributed by atoms with Crippen LogP contribution in [0.3, 0.4) is 0 Å². The second-order valence-corrected chi connectivity index (χ2v) is 8.73. The van der Waals surface area contributed by atoms with E-state index in [9.17, 15) is 0 Å². The van der Waals surface area contributed by atoms with Crippen molar-refractivity contribution in [3.05, 3.63) is 29.8 Å². The molecule has 3 aliphatic rings. The quantitative estimate of drug-likeness (QED) is 0.760. The zero-order valence-corrected chi connectivity index (χ0v) is 15.2. The van der Waals surface area contributed by atoms with Crippen LogP contribution in [0.1, 0.15) is 76.2 Å². The minimum absolute atomic E-state index is 0.417. The van der Waals surface area contributed by atoms with Crippen LogP contribution in [0.4, 0.5) is 5.69 Å². The largest absolute Gasteiger partial charge is 0.399 e. The van der Waals surface area contributed by atoms with Gasteiger partial charge in [-0.15, -0.1) is 0 Å². The topological polar surface area (TPSA) is 29.3 Å². The van der Waals surface area contributed by atoms with Gasteiger partial charge in [0.25, 0.3) is 0 Å². The fraction of sp³-hybridized carbons (Fsp3) is 0.727. The Morgan fingerprint density at radius 3 is 2.79 bits per heavy atom. The van der Waals surface area contributed by atoms with Gasteiger partial charge in [0, 0.05) is 11.7 Å². The highest BCUT2D eigenvalue weighted by Crippen LogP contribution is 2.47. The number of fused-ring (bicyclic) bond motifs is 2. The molecule has 0 amide bonds. The lowest BCUT2D eigenvalue weighted by atomic mass is 9.63. The molecule has 1 saturated heterocycles. The highest BCUT2D eigenvalue weighted by atomic mass is 15.2. The van der Waals surface area contributed by atoms with Crippen molar-refractivity contribution in [3.63, 3.8) is 0 Å². The summed E-state index contributed by atoms with van der Waals surface area (Å²) in [6.45, 7) is 2.64. The van der Waals surface area contributed by atoms with E-state index in [0.29, 0.717) is 5.41 Å². The molecule has 2 aliphatic carbocycles. The molecule has 1 aliphatic heterocycles. The third-order valence-corrected chi connectivity index (χ3v) is 7.24. The molecule has 24 heavy (non-hydrogen) atoms. The minimum Gasteiger partial charge on any atom is -0.399 e. The third kappa shape index (κ3) is 3.35. The van der Waals surface area contributed by atoms with Crippen LogP contribution in [0.2, 0.25) is 0 Å². The Kier molecular flexibility index (Phi) is 4.85. The van der Waals surface area contributed by atoms with Crippen molar-refractivity contribution in [2.75, 3.05) is 18.8 Å². The molecule has 2 bridgehead atoms. The van der Waals surface area contributed by atoms with E-state index in [1.807, 2.05) is 6.07 Å². The maximum atomic E-state index is 6.07. The van der Waals surface area contributed by atoms with Crippen LogP contribution in [-0.2, 0) is 5.41 Å². The van der Waals surface area contributed by atoms with Crippen LogP contribution in [0.25, 0.3) is 0 Å². The SMILES string of the molecule is Nc1cccc(C23CCCC(C2)N(CCCC2CCCC2)CC3)c1. The zero-order valence-electron chi connectivity index (χ0n) is 15.2. The van der Waals surface area contributed by atoms with E-state index in [1.165, 1.54) is 89.3 Å². The molecule has 4 rings (SSSR count). The number of hydrogen-bond acceptors (Lipinski definition) is 2. The lowest BCUT2D eigenvalue weighted by Crippen LogP contribution is -2.51. The van der Waals surface area contributed by atoms with Crippen molar-refractivity contribution < 1.29 is 0 Å². The second kappa shape index (κ2) is 7.07. The Morgan fingerprint density at radius 1 is 1.08 bits per heavy atom. The molecule has 2 unspecified atom stereocenters. The Morgan fingerprint density at radius 2 is 1.96 bits per heavy atom. The average molecular weight is 327 g/mol. The molecule has 1 heterocycles. The number of nitrogen functional groups attached to an aromatic ring is 1. The van der Waals surface area contributed by atoms with Gasteiger partial charge in [0.05, 0.1) is 0 Å². The lowest BCUT2D eigenvalue weighted by molar-refractivity contribution is 0.0496. The van der Waals surface area contributed by atoms with Gasteiger partial charge in [0.1, 0.15) is 0 Å². The van der Waals surface area contributed by atoms with E-state index < -0.39 is 0 Å². The van der Waals surface area contributed by atoms with Crippen LogP contribution >= 0.6 is 0 Å². The molecule has 0 spiro atoms.